The van der Waals surface area contributed by atoms with Gasteiger partial charge in [0.05, 0.1) is 11.5 Å². The van der Waals surface area contributed by atoms with Gasteiger partial charge in [-0.15, -0.1) is 0 Å². The van der Waals surface area contributed by atoms with Crippen LogP contribution in [0.2, 0.25) is 5.02 Å². The molecule has 2 heteroatoms. The maximum absolute atomic E-state index is 9.46. The van der Waals surface area contributed by atoms with Crippen molar-refractivity contribution in [3.05, 3.63) is 34.3 Å². The van der Waals surface area contributed by atoms with Crippen LogP contribution >= 0.6 is 11.6 Å². The van der Waals surface area contributed by atoms with E-state index in [1.54, 1.807) is 0 Å². The molecule has 0 aliphatic heterocycles. The molecule has 0 unspecified atom stereocenters. The number of nitrogens with zero attached hydrogens (tertiary/aromatic N) is 1. The van der Waals surface area contributed by atoms with Gasteiger partial charge in [-0.3, -0.25) is 0 Å². The quantitative estimate of drug-likeness (QED) is 0.745. The molecule has 0 N–H and O–H groups in total. The van der Waals surface area contributed by atoms with Crippen molar-refractivity contribution in [1.82, 2.24) is 0 Å². The average molecular weight is 248 g/mol. The molecule has 1 aliphatic rings. The molecule has 0 radical (unpaired) electrons. The standard InChI is InChI=1S/C15H18ClN/c1-12-5-6-13(14(16)9-12)10-15(11-17)7-3-2-4-8-15/h5-6,9H,2-4,7-8,10H2,1H3. The topological polar surface area (TPSA) is 23.8 Å². The molecule has 0 bridgehead atoms. The first-order valence-corrected chi connectivity index (χ1v) is 6.69. The molecule has 1 nitrogen and oxygen atoms in total. The van der Waals surface area contributed by atoms with Crippen LogP contribution in [-0.2, 0) is 6.42 Å². The van der Waals surface area contributed by atoms with Crippen LogP contribution in [0.5, 0.6) is 0 Å². The molecule has 0 aromatic heterocycles. The number of hydrogen-bond donors (Lipinski definition) is 0. The highest BCUT2D eigenvalue weighted by molar-refractivity contribution is 6.31. The van der Waals surface area contributed by atoms with E-state index >= 15 is 0 Å². The predicted molar refractivity (Wildman–Crippen MR) is 71.0 cm³/mol. The highest BCUT2D eigenvalue weighted by Gasteiger charge is 2.32. The Morgan fingerprint density at radius 2 is 2.00 bits per heavy atom. The Hall–Kier alpha value is -1.00. The molecule has 1 fully saturated rings. The van der Waals surface area contributed by atoms with Gasteiger partial charge in [0, 0.05) is 5.02 Å². The van der Waals surface area contributed by atoms with Gasteiger partial charge >= 0.3 is 0 Å². The van der Waals surface area contributed by atoms with Gasteiger partial charge < -0.3 is 0 Å². The summed E-state index contributed by atoms with van der Waals surface area (Å²) >= 11 is 6.26. The van der Waals surface area contributed by atoms with Crippen LogP contribution in [0.3, 0.4) is 0 Å². The third-order valence-corrected chi connectivity index (χ3v) is 4.14. The Morgan fingerprint density at radius 1 is 1.29 bits per heavy atom. The third-order valence-electron chi connectivity index (χ3n) is 3.79. The van der Waals surface area contributed by atoms with E-state index in [1.807, 2.05) is 13.0 Å². The van der Waals surface area contributed by atoms with Gasteiger partial charge in [-0.25, -0.2) is 0 Å². The number of aryl methyl sites for hydroxylation is 1. The molecule has 0 amide bonds. The highest BCUT2D eigenvalue weighted by Crippen LogP contribution is 2.39. The lowest BCUT2D eigenvalue weighted by atomic mass is 9.71. The van der Waals surface area contributed by atoms with Gasteiger partial charge in [-0.05, 0) is 43.4 Å². The van der Waals surface area contributed by atoms with Crippen LogP contribution in [0.4, 0.5) is 0 Å². The summed E-state index contributed by atoms with van der Waals surface area (Å²) in [6, 6.07) is 8.69. The molecule has 90 valence electrons. The molecule has 0 atom stereocenters. The van der Waals surface area contributed by atoms with Crippen molar-refractivity contribution in [2.24, 2.45) is 5.41 Å². The fraction of sp³-hybridized carbons (Fsp3) is 0.533. The van der Waals surface area contributed by atoms with E-state index in [0.717, 1.165) is 29.8 Å². The largest absolute Gasteiger partial charge is 0.198 e. The Kier molecular flexibility index (Phi) is 3.74. The smallest absolute Gasteiger partial charge is 0.0693 e. The normalized spacial score (nSPS) is 18.6. The van der Waals surface area contributed by atoms with E-state index in [-0.39, 0.29) is 5.41 Å². The molecule has 0 heterocycles. The Balaban J connectivity index is 2.21. The minimum Gasteiger partial charge on any atom is -0.198 e. The molecular weight excluding hydrogens is 230 g/mol. The predicted octanol–water partition coefficient (Wildman–Crippen LogP) is 4.67. The second-order valence-corrected chi connectivity index (χ2v) is 5.63. The number of halogens is 1. The van der Waals surface area contributed by atoms with Crippen molar-refractivity contribution in [2.75, 3.05) is 0 Å². The third kappa shape index (κ3) is 2.82. The summed E-state index contributed by atoms with van der Waals surface area (Å²) in [5.41, 5.74) is 2.13. The molecule has 2 rings (SSSR count). The van der Waals surface area contributed by atoms with E-state index in [4.69, 9.17) is 11.6 Å². The second kappa shape index (κ2) is 5.10. The fourth-order valence-electron chi connectivity index (χ4n) is 2.72. The van der Waals surface area contributed by atoms with E-state index in [0.29, 0.717) is 0 Å². The summed E-state index contributed by atoms with van der Waals surface area (Å²) in [6.07, 6.45) is 6.48. The molecule has 1 aliphatic carbocycles. The maximum Gasteiger partial charge on any atom is 0.0693 e. The van der Waals surface area contributed by atoms with Gasteiger partial charge in [0.1, 0.15) is 0 Å². The second-order valence-electron chi connectivity index (χ2n) is 5.22. The van der Waals surface area contributed by atoms with Crippen LogP contribution in [0.25, 0.3) is 0 Å². The minimum absolute atomic E-state index is 0.169. The zero-order valence-corrected chi connectivity index (χ0v) is 11.1. The van der Waals surface area contributed by atoms with Gasteiger partial charge in [-0.1, -0.05) is 43.0 Å². The first-order chi connectivity index (χ1) is 8.15. The average Bonchev–Trinajstić information content (AvgIpc) is 2.34. The molecular formula is C15H18ClN. The van der Waals surface area contributed by atoms with Crippen molar-refractivity contribution < 1.29 is 0 Å². The van der Waals surface area contributed by atoms with Gasteiger partial charge in [0.15, 0.2) is 0 Å². The lowest BCUT2D eigenvalue weighted by molar-refractivity contribution is 0.266. The monoisotopic (exact) mass is 247 g/mol. The van der Waals surface area contributed by atoms with Crippen molar-refractivity contribution in [3.8, 4) is 6.07 Å². The van der Waals surface area contributed by atoms with E-state index < -0.39 is 0 Å². The number of hydrogen-bond acceptors (Lipinski definition) is 1. The van der Waals surface area contributed by atoms with Crippen LogP contribution in [0.15, 0.2) is 18.2 Å². The SMILES string of the molecule is Cc1ccc(CC2(C#N)CCCCC2)c(Cl)c1. The molecule has 0 spiro atoms. The fourth-order valence-corrected chi connectivity index (χ4v) is 3.02. The first kappa shape index (κ1) is 12.5. The summed E-state index contributed by atoms with van der Waals surface area (Å²) in [4.78, 5) is 0. The van der Waals surface area contributed by atoms with Crippen LogP contribution in [0, 0.1) is 23.7 Å². The van der Waals surface area contributed by atoms with Gasteiger partial charge in [0.25, 0.3) is 0 Å². The van der Waals surface area contributed by atoms with E-state index in [9.17, 15) is 5.26 Å². The Bertz CT molecular complexity index is 439. The Labute approximate surface area is 108 Å². The molecule has 1 aromatic carbocycles. The van der Waals surface area contributed by atoms with Crippen molar-refractivity contribution in [2.45, 2.75) is 45.4 Å². The molecule has 17 heavy (non-hydrogen) atoms. The molecule has 1 saturated carbocycles. The maximum atomic E-state index is 9.46. The zero-order valence-electron chi connectivity index (χ0n) is 10.3. The minimum atomic E-state index is -0.169. The van der Waals surface area contributed by atoms with Crippen molar-refractivity contribution in [1.29, 1.82) is 5.26 Å². The highest BCUT2D eigenvalue weighted by atomic mass is 35.5. The summed E-state index contributed by atoms with van der Waals surface area (Å²) in [5.74, 6) is 0. The van der Waals surface area contributed by atoms with E-state index in [2.05, 4.69) is 18.2 Å². The summed E-state index contributed by atoms with van der Waals surface area (Å²) < 4.78 is 0. The number of rotatable bonds is 2. The lowest BCUT2D eigenvalue weighted by Crippen LogP contribution is -2.25. The molecule has 0 saturated heterocycles. The van der Waals surface area contributed by atoms with Crippen LogP contribution in [0.1, 0.15) is 43.2 Å². The van der Waals surface area contributed by atoms with Crippen LogP contribution < -0.4 is 0 Å². The summed E-state index contributed by atoms with van der Waals surface area (Å²) in [7, 11) is 0. The summed E-state index contributed by atoms with van der Waals surface area (Å²) in [5, 5.41) is 10.3. The van der Waals surface area contributed by atoms with Gasteiger partial charge in [0.2, 0.25) is 0 Å². The van der Waals surface area contributed by atoms with Gasteiger partial charge in [-0.2, -0.15) is 5.26 Å². The Morgan fingerprint density at radius 3 is 2.59 bits per heavy atom. The lowest BCUT2D eigenvalue weighted by Gasteiger charge is -2.31. The summed E-state index contributed by atoms with van der Waals surface area (Å²) in [6.45, 7) is 2.04. The van der Waals surface area contributed by atoms with Crippen molar-refractivity contribution in [3.63, 3.8) is 0 Å². The first-order valence-electron chi connectivity index (χ1n) is 6.31. The van der Waals surface area contributed by atoms with Crippen molar-refractivity contribution >= 4 is 11.6 Å². The molecule has 1 aromatic rings. The van der Waals surface area contributed by atoms with Crippen LogP contribution in [-0.4, -0.2) is 0 Å². The number of nitriles is 1. The zero-order chi connectivity index (χ0) is 12.3. The number of benzene rings is 1. The van der Waals surface area contributed by atoms with E-state index in [1.165, 1.54) is 24.8 Å².